The smallest absolute Gasteiger partial charge is 0.225 e. The Kier molecular flexibility index (Phi) is 10.8. The zero-order valence-corrected chi connectivity index (χ0v) is 18.6. The minimum absolute atomic E-state index is 0. The van der Waals surface area contributed by atoms with Crippen LogP contribution in [0.5, 0.6) is 0 Å². The average Bonchev–Trinajstić information content (AvgIpc) is 3.43. The quantitative estimate of drug-likeness (QED) is 0.251. The van der Waals surface area contributed by atoms with Gasteiger partial charge in [-0.25, -0.2) is 0 Å². The molecule has 6 heteroatoms. The van der Waals surface area contributed by atoms with Gasteiger partial charge >= 0.3 is 0 Å². The van der Waals surface area contributed by atoms with Crippen LogP contribution in [0.15, 0.2) is 4.99 Å². The van der Waals surface area contributed by atoms with Crippen molar-refractivity contribution in [1.29, 1.82) is 0 Å². The number of likely N-dealkylation sites (tertiary alicyclic amines) is 1. The second-order valence-corrected chi connectivity index (χ2v) is 7.34. The molecule has 5 nitrogen and oxygen atoms in total. The van der Waals surface area contributed by atoms with Crippen molar-refractivity contribution in [2.24, 2.45) is 16.8 Å². The van der Waals surface area contributed by atoms with Gasteiger partial charge in [0.15, 0.2) is 5.96 Å². The Morgan fingerprint density at radius 2 is 1.80 bits per heavy atom. The van der Waals surface area contributed by atoms with Crippen LogP contribution in [0.3, 0.4) is 0 Å². The molecule has 25 heavy (non-hydrogen) atoms. The molecule has 2 N–H and O–H groups in total. The summed E-state index contributed by atoms with van der Waals surface area (Å²) in [4.78, 5) is 18.8. The number of nitrogens with zero attached hydrogens (tertiary/aromatic N) is 2. The van der Waals surface area contributed by atoms with Crippen molar-refractivity contribution in [3.63, 3.8) is 0 Å². The molecule has 1 heterocycles. The van der Waals surface area contributed by atoms with Crippen molar-refractivity contribution in [2.45, 2.75) is 71.3 Å². The zero-order chi connectivity index (χ0) is 17.4. The van der Waals surface area contributed by atoms with Crippen LogP contribution < -0.4 is 10.6 Å². The number of halogens is 1. The molecule has 1 saturated carbocycles. The minimum Gasteiger partial charge on any atom is -0.356 e. The van der Waals surface area contributed by atoms with Crippen molar-refractivity contribution in [3.05, 3.63) is 0 Å². The van der Waals surface area contributed by atoms with Crippen molar-refractivity contribution in [3.8, 4) is 0 Å². The second-order valence-electron chi connectivity index (χ2n) is 7.34. The molecule has 0 radical (unpaired) electrons. The molecule has 2 aliphatic rings. The molecule has 1 aliphatic heterocycles. The van der Waals surface area contributed by atoms with Gasteiger partial charge in [-0.3, -0.25) is 9.79 Å². The maximum absolute atomic E-state index is 12.4. The van der Waals surface area contributed by atoms with Gasteiger partial charge in [-0.15, -0.1) is 24.0 Å². The molecule has 0 aromatic rings. The lowest BCUT2D eigenvalue weighted by Gasteiger charge is -2.34. The number of carbonyl (C=O) groups is 1. The highest BCUT2D eigenvalue weighted by atomic mass is 127. The van der Waals surface area contributed by atoms with Crippen LogP contribution in [-0.2, 0) is 4.79 Å². The number of piperidine rings is 1. The number of guanidine groups is 1. The largest absolute Gasteiger partial charge is 0.356 e. The molecular weight excluding hydrogens is 427 g/mol. The van der Waals surface area contributed by atoms with E-state index in [4.69, 9.17) is 0 Å². The number of hydrogen-bond acceptors (Lipinski definition) is 2. The number of rotatable bonds is 8. The van der Waals surface area contributed by atoms with Gasteiger partial charge in [-0.2, -0.15) is 0 Å². The first kappa shape index (κ1) is 22.5. The lowest BCUT2D eigenvalue weighted by molar-refractivity contribution is -0.136. The predicted molar refractivity (Wildman–Crippen MR) is 116 cm³/mol. The van der Waals surface area contributed by atoms with E-state index < -0.39 is 0 Å². The Morgan fingerprint density at radius 1 is 1.16 bits per heavy atom. The van der Waals surface area contributed by atoms with E-state index in [0.29, 0.717) is 11.9 Å². The molecule has 1 aliphatic carbocycles. The van der Waals surface area contributed by atoms with Crippen LogP contribution in [0, 0.1) is 11.8 Å². The fraction of sp³-hybridized carbons (Fsp3) is 0.895. The first-order valence-electron chi connectivity index (χ1n) is 9.93. The maximum Gasteiger partial charge on any atom is 0.225 e. The molecule has 0 aromatic carbocycles. The SMILES string of the molecule is CCC(CC)C(=O)N1CCC(NC(=NC)NCCCC2CC2)CC1.I. The first-order valence-corrected chi connectivity index (χ1v) is 9.93. The van der Waals surface area contributed by atoms with Gasteiger partial charge in [0.1, 0.15) is 0 Å². The molecule has 0 aromatic heterocycles. The van der Waals surface area contributed by atoms with Crippen molar-refractivity contribution < 1.29 is 4.79 Å². The number of nitrogens with one attached hydrogen (secondary N) is 2. The number of hydrogen-bond donors (Lipinski definition) is 2. The fourth-order valence-electron chi connectivity index (χ4n) is 3.53. The predicted octanol–water partition coefficient (Wildman–Crippen LogP) is 3.39. The van der Waals surface area contributed by atoms with Crippen LogP contribution in [-0.4, -0.2) is 49.5 Å². The van der Waals surface area contributed by atoms with Crippen LogP contribution >= 0.6 is 24.0 Å². The van der Waals surface area contributed by atoms with E-state index >= 15 is 0 Å². The summed E-state index contributed by atoms with van der Waals surface area (Å²) in [6.45, 7) is 6.96. The van der Waals surface area contributed by atoms with E-state index in [1.54, 1.807) is 0 Å². The maximum atomic E-state index is 12.4. The number of carbonyl (C=O) groups excluding carboxylic acids is 1. The van der Waals surface area contributed by atoms with Gasteiger partial charge < -0.3 is 15.5 Å². The van der Waals surface area contributed by atoms with Crippen LogP contribution in [0.2, 0.25) is 0 Å². The third-order valence-electron chi connectivity index (χ3n) is 5.48. The van der Waals surface area contributed by atoms with E-state index in [-0.39, 0.29) is 29.9 Å². The molecule has 146 valence electrons. The van der Waals surface area contributed by atoms with Gasteiger partial charge in [0, 0.05) is 38.6 Å². The van der Waals surface area contributed by atoms with E-state index in [1.165, 1.54) is 25.7 Å². The average molecular weight is 464 g/mol. The Morgan fingerprint density at radius 3 is 2.32 bits per heavy atom. The third-order valence-corrected chi connectivity index (χ3v) is 5.48. The Bertz CT molecular complexity index is 414. The topological polar surface area (TPSA) is 56.7 Å². The van der Waals surface area contributed by atoms with E-state index in [1.807, 2.05) is 7.05 Å². The molecule has 2 fully saturated rings. The Balaban J connectivity index is 0.00000312. The lowest BCUT2D eigenvalue weighted by atomic mass is 9.98. The van der Waals surface area contributed by atoms with Crippen molar-refractivity contribution in [2.75, 3.05) is 26.7 Å². The lowest BCUT2D eigenvalue weighted by Crippen LogP contribution is -2.50. The van der Waals surface area contributed by atoms with E-state index in [9.17, 15) is 4.79 Å². The van der Waals surface area contributed by atoms with Gasteiger partial charge in [-0.1, -0.05) is 26.7 Å². The number of amides is 1. The van der Waals surface area contributed by atoms with Crippen LogP contribution in [0.1, 0.15) is 65.2 Å². The highest BCUT2D eigenvalue weighted by Crippen LogP contribution is 2.33. The number of aliphatic imine (C=N–C) groups is 1. The zero-order valence-electron chi connectivity index (χ0n) is 16.2. The summed E-state index contributed by atoms with van der Waals surface area (Å²) >= 11 is 0. The van der Waals surface area contributed by atoms with Crippen molar-refractivity contribution >= 4 is 35.8 Å². The minimum atomic E-state index is 0. The molecule has 2 rings (SSSR count). The highest BCUT2D eigenvalue weighted by molar-refractivity contribution is 14.0. The van der Waals surface area contributed by atoms with E-state index in [2.05, 4.69) is 34.4 Å². The summed E-state index contributed by atoms with van der Waals surface area (Å²) in [7, 11) is 1.84. The standard InChI is InChI=1S/C19H36N4O.HI/c1-4-16(5-2)18(24)23-13-10-17(11-14-23)22-19(20-3)21-12-6-7-15-8-9-15;/h15-17H,4-14H2,1-3H3,(H2,20,21,22);1H. The summed E-state index contributed by atoms with van der Waals surface area (Å²) < 4.78 is 0. The molecule has 0 bridgehead atoms. The molecule has 0 atom stereocenters. The molecular formula is C19H37IN4O. The highest BCUT2D eigenvalue weighted by Gasteiger charge is 2.26. The third kappa shape index (κ3) is 7.71. The van der Waals surface area contributed by atoms with E-state index in [0.717, 1.165) is 57.2 Å². The van der Waals surface area contributed by atoms with Gasteiger partial charge in [0.2, 0.25) is 5.91 Å². The Hall–Kier alpha value is -0.530. The normalized spacial score (nSPS) is 18.9. The molecule has 1 amide bonds. The van der Waals surface area contributed by atoms with Gasteiger partial charge in [-0.05, 0) is 44.4 Å². The summed E-state index contributed by atoms with van der Waals surface area (Å²) in [5.74, 6) is 2.46. The summed E-state index contributed by atoms with van der Waals surface area (Å²) in [5.41, 5.74) is 0. The second kappa shape index (κ2) is 12.0. The summed E-state index contributed by atoms with van der Waals surface area (Å²) in [5, 5.41) is 6.96. The van der Waals surface area contributed by atoms with Crippen molar-refractivity contribution in [1.82, 2.24) is 15.5 Å². The first-order chi connectivity index (χ1) is 11.7. The van der Waals surface area contributed by atoms with Gasteiger partial charge in [0.25, 0.3) is 0 Å². The molecule has 1 saturated heterocycles. The van der Waals surface area contributed by atoms with Crippen LogP contribution in [0.4, 0.5) is 0 Å². The van der Waals surface area contributed by atoms with Crippen LogP contribution in [0.25, 0.3) is 0 Å². The molecule has 0 spiro atoms. The fourth-order valence-corrected chi connectivity index (χ4v) is 3.53. The summed E-state index contributed by atoms with van der Waals surface area (Å²) in [6.07, 6.45) is 9.36. The van der Waals surface area contributed by atoms with Gasteiger partial charge in [0.05, 0.1) is 0 Å². The summed E-state index contributed by atoms with van der Waals surface area (Å²) in [6, 6.07) is 0.422. The monoisotopic (exact) mass is 464 g/mol. The molecule has 0 unspecified atom stereocenters. The Labute approximate surface area is 170 Å².